The normalized spacial score (nSPS) is 18.3. The Morgan fingerprint density at radius 2 is 1.90 bits per heavy atom. The first-order chi connectivity index (χ1) is 9.82. The molecule has 1 aromatic heterocycles. The van der Waals surface area contributed by atoms with Gasteiger partial charge in [-0.3, -0.25) is 0 Å². The molecule has 1 aliphatic heterocycles. The summed E-state index contributed by atoms with van der Waals surface area (Å²) >= 11 is 0. The van der Waals surface area contributed by atoms with Crippen molar-refractivity contribution in [1.82, 2.24) is 4.98 Å². The van der Waals surface area contributed by atoms with Crippen LogP contribution in [-0.2, 0) is 10.9 Å². The SMILES string of the molecule is CC1(CNc2cc(C(F)(F)F)cc(NN)n2)CCOCC1. The molecule has 8 heteroatoms. The van der Waals surface area contributed by atoms with Gasteiger partial charge in [0.1, 0.15) is 11.6 Å². The summed E-state index contributed by atoms with van der Waals surface area (Å²) in [6.07, 6.45) is -2.71. The van der Waals surface area contributed by atoms with Crippen molar-refractivity contribution in [2.75, 3.05) is 30.5 Å². The maximum absolute atomic E-state index is 12.8. The third kappa shape index (κ3) is 4.21. The van der Waals surface area contributed by atoms with E-state index >= 15 is 0 Å². The number of alkyl halides is 3. The van der Waals surface area contributed by atoms with Crippen LogP contribution in [0.1, 0.15) is 25.3 Å². The number of nitrogen functional groups attached to an aromatic ring is 1. The first kappa shape index (κ1) is 15.8. The number of nitrogens with zero attached hydrogens (tertiary/aromatic N) is 1. The molecular weight excluding hydrogens is 285 g/mol. The molecule has 1 aromatic rings. The number of hydrazine groups is 1. The predicted octanol–water partition coefficient (Wildman–Crippen LogP) is 2.61. The van der Waals surface area contributed by atoms with Crippen molar-refractivity contribution in [1.29, 1.82) is 0 Å². The number of hydrogen-bond acceptors (Lipinski definition) is 5. The van der Waals surface area contributed by atoms with Crippen LogP contribution < -0.4 is 16.6 Å². The van der Waals surface area contributed by atoms with Crippen LogP contribution in [0.2, 0.25) is 0 Å². The fourth-order valence-electron chi connectivity index (χ4n) is 2.20. The smallest absolute Gasteiger partial charge is 0.381 e. The van der Waals surface area contributed by atoms with Gasteiger partial charge in [-0.25, -0.2) is 10.8 Å². The summed E-state index contributed by atoms with van der Waals surface area (Å²) in [5, 5.41) is 2.98. The lowest BCUT2D eigenvalue weighted by molar-refractivity contribution is -0.137. The topological polar surface area (TPSA) is 72.2 Å². The highest BCUT2D eigenvalue weighted by Gasteiger charge is 2.32. The average Bonchev–Trinajstić information content (AvgIpc) is 2.45. The average molecular weight is 304 g/mol. The minimum absolute atomic E-state index is 0.00945. The Labute approximate surface area is 121 Å². The highest BCUT2D eigenvalue weighted by molar-refractivity contribution is 5.49. The molecule has 0 aromatic carbocycles. The van der Waals surface area contributed by atoms with Crippen molar-refractivity contribution in [3.05, 3.63) is 17.7 Å². The van der Waals surface area contributed by atoms with Gasteiger partial charge in [-0.1, -0.05) is 6.92 Å². The molecule has 4 N–H and O–H groups in total. The van der Waals surface area contributed by atoms with Crippen LogP contribution in [0.15, 0.2) is 12.1 Å². The summed E-state index contributed by atoms with van der Waals surface area (Å²) < 4.78 is 43.7. The number of pyridine rings is 1. The van der Waals surface area contributed by atoms with E-state index in [-0.39, 0.29) is 17.1 Å². The van der Waals surface area contributed by atoms with Gasteiger partial charge in [0.2, 0.25) is 0 Å². The number of halogens is 3. The van der Waals surface area contributed by atoms with E-state index in [2.05, 4.69) is 22.7 Å². The molecule has 0 radical (unpaired) electrons. The molecule has 0 bridgehead atoms. The van der Waals surface area contributed by atoms with Crippen LogP contribution in [-0.4, -0.2) is 24.7 Å². The molecule has 0 unspecified atom stereocenters. The zero-order valence-corrected chi connectivity index (χ0v) is 11.8. The van der Waals surface area contributed by atoms with Gasteiger partial charge in [-0.2, -0.15) is 13.2 Å². The molecule has 1 aliphatic rings. The number of hydrogen-bond donors (Lipinski definition) is 3. The lowest BCUT2D eigenvalue weighted by Crippen LogP contribution is -2.33. The summed E-state index contributed by atoms with van der Waals surface area (Å²) in [6.45, 7) is 3.96. The highest BCUT2D eigenvalue weighted by atomic mass is 19.4. The third-order valence-corrected chi connectivity index (χ3v) is 3.70. The number of anilines is 2. The molecule has 0 spiro atoms. The number of nitrogens with one attached hydrogen (secondary N) is 2. The number of aromatic nitrogens is 1. The van der Waals surface area contributed by atoms with Gasteiger partial charge < -0.3 is 15.5 Å². The number of nitrogens with two attached hydrogens (primary N) is 1. The fourth-order valence-corrected chi connectivity index (χ4v) is 2.20. The Bertz CT molecular complexity index is 487. The van der Waals surface area contributed by atoms with Crippen LogP contribution in [0.5, 0.6) is 0 Å². The lowest BCUT2D eigenvalue weighted by atomic mass is 9.82. The van der Waals surface area contributed by atoms with Crippen molar-refractivity contribution in [2.24, 2.45) is 11.3 Å². The van der Waals surface area contributed by atoms with Crippen molar-refractivity contribution in [2.45, 2.75) is 25.9 Å². The molecule has 5 nitrogen and oxygen atoms in total. The van der Waals surface area contributed by atoms with Crippen LogP contribution in [0.25, 0.3) is 0 Å². The first-order valence-electron chi connectivity index (χ1n) is 6.70. The summed E-state index contributed by atoms with van der Waals surface area (Å²) in [4.78, 5) is 4.00. The van der Waals surface area contributed by atoms with Crippen molar-refractivity contribution in [3.63, 3.8) is 0 Å². The largest absolute Gasteiger partial charge is 0.416 e. The summed E-state index contributed by atoms with van der Waals surface area (Å²) in [6, 6.07) is 1.87. The molecule has 118 valence electrons. The standard InChI is InChI=1S/C13H19F3N4O/c1-12(2-4-21-5-3-12)8-18-10-6-9(13(14,15)16)7-11(19-10)20-17/h6-7H,2-5,8,17H2,1H3,(H2,18,19,20). The molecule has 1 fully saturated rings. The van der Waals surface area contributed by atoms with Crippen LogP contribution >= 0.6 is 0 Å². The maximum Gasteiger partial charge on any atom is 0.416 e. The van der Waals surface area contributed by atoms with Crippen molar-refractivity contribution in [3.8, 4) is 0 Å². The van der Waals surface area contributed by atoms with Crippen LogP contribution in [0.3, 0.4) is 0 Å². The van der Waals surface area contributed by atoms with E-state index < -0.39 is 11.7 Å². The van der Waals surface area contributed by atoms with E-state index in [1.807, 2.05) is 0 Å². The zero-order chi connectivity index (χ0) is 15.5. The highest BCUT2D eigenvalue weighted by Crippen LogP contribution is 2.33. The second kappa shape index (κ2) is 6.07. The van der Waals surface area contributed by atoms with Crippen LogP contribution in [0, 0.1) is 5.41 Å². The van der Waals surface area contributed by atoms with E-state index in [0.29, 0.717) is 19.8 Å². The Morgan fingerprint density at radius 1 is 1.29 bits per heavy atom. The molecule has 1 saturated heterocycles. The van der Waals surface area contributed by atoms with E-state index in [9.17, 15) is 13.2 Å². The minimum atomic E-state index is -4.44. The summed E-state index contributed by atoms with van der Waals surface area (Å²) in [5.41, 5.74) is 1.36. The van der Waals surface area contributed by atoms with Gasteiger partial charge >= 0.3 is 6.18 Å². The second-order valence-corrected chi connectivity index (χ2v) is 5.54. The Balaban J connectivity index is 2.12. The van der Waals surface area contributed by atoms with E-state index in [4.69, 9.17) is 10.6 Å². The van der Waals surface area contributed by atoms with Gasteiger partial charge in [0.15, 0.2) is 0 Å². The third-order valence-electron chi connectivity index (χ3n) is 3.70. The predicted molar refractivity (Wildman–Crippen MR) is 73.7 cm³/mol. The first-order valence-corrected chi connectivity index (χ1v) is 6.70. The molecule has 0 amide bonds. The minimum Gasteiger partial charge on any atom is -0.381 e. The fraction of sp³-hybridized carbons (Fsp3) is 0.615. The lowest BCUT2D eigenvalue weighted by Gasteiger charge is -2.33. The van der Waals surface area contributed by atoms with Gasteiger partial charge in [-0.15, -0.1) is 0 Å². The molecular formula is C13H19F3N4O. The van der Waals surface area contributed by atoms with Gasteiger partial charge in [0, 0.05) is 19.8 Å². The molecule has 0 aliphatic carbocycles. The summed E-state index contributed by atoms with van der Waals surface area (Å²) in [7, 11) is 0. The molecule has 0 saturated carbocycles. The molecule has 2 heterocycles. The van der Waals surface area contributed by atoms with Crippen LogP contribution in [0.4, 0.5) is 24.8 Å². The van der Waals surface area contributed by atoms with Crippen molar-refractivity contribution >= 4 is 11.6 Å². The molecule has 21 heavy (non-hydrogen) atoms. The number of rotatable bonds is 4. The van der Waals surface area contributed by atoms with Gasteiger partial charge in [-0.05, 0) is 30.4 Å². The van der Waals surface area contributed by atoms with E-state index in [0.717, 1.165) is 25.0 Å². The van der Waals surface area contributed by atoms with E-state index in [1.165, 1.54) is 0 Å². The Morgan fingerprint density at radius 3 is 2.48 bits per heavy atom. The monoisotopic (exact) mass is 304 g/mol. The summed E-state index contributed by atoms with van der Waals surface area (Å²) in [5.74, 6) is 5.31. The van der Waals surface area contributed by atoms with Crippen molar-refractivity contribution < 1.29 is 17.9 Å². The van der Waals surface area contributed by atoms with E-state index in [1.54, 1.807) is 0 Å². The van der Waals surface area contributed by atoms with Gasteiger partial charge in [0.05, 0.1) is 5.56 Å². The Hall–Kier alpha value is -1.54. The maximum atomic E-state index is 12.8. The van der Waals surface area contributed by atoms with Gasteiger partial charge in [0.25, 0.3) is 0 Å². The zero-order valence-electron chi connectivity index (χ0n) is 11.8. The quantitative estimate of drug-likeness (QED) is 0.589. The number of ether oxygens (including phenoxy) is 1. The Kier molecular flexibility index (Phi) is 4.58. The molecule has 2 rings (SSSR count). The molecule has 0 atom stereocenters. The second-order valence-electron chi connectivity index (χ2n) is 5.54.